The topological polar surface area (TPSA) is 123 Å². The van der Waals surface area contributed by atoms with Crippen LogP contribution in [-0.4, -0.2) is 58.9 Å². The lowest BCUT2D eigenvalue weighted by Gasteiger charge is -2.34. The van der Waals surface area contributed by atoms with E-state index < -0.39 is 14.9 Å². The summed E-state index contributed by atoms with van der Waals surface area (Å²) < 4.78 is 34.4. The fourth-order valence-electron chi connectivity index (χ4n) is 4.46. The Morgan fingerprint density at radius 2 is 1.43 bits per heavy atom. The predicted octanol–water partition coefficient (Wildman–Crippen LogP) is 3.69. The molecule has 0 N–H and O–H groups in total. The highest BCUT2D eigenvalue weighted by Crippen LogP contribution is 2.32. The fourth-order valence-corrected chi connectivity index (χ4v) is 6.44. The Kier molecular flexibility index (Phi) is 6.76. The molecule has 35 heavy (non-hydrogen) atoms. The minimum Gasteiger partial charge on any atom is -0.419 e. The van der Waals surface area contributed by atoms with Crippen molar-refractivity contribution in [1.82, 2.24) is 19.4 Å². The maximum absolute atomic E-state index is 13.6. The Morgan fingerprint density at radius 1 is 0.886 bits per heavy atom. The summed E-state index contributed by atoms with van der Waals surface area (Å²) in [6, 6.07) is 5.91. The lowest BCUT2D eigenvalue weighted by Crippen LogP contribution is -2.48. The fraction of sp³-hybridized carbons (Fsp3) is 0.417. The van der Waals surface area contributed by atoms with Crippen molar-refractivity contribution in [2.75, 3.05) is 26.2 Å². The van der Waals surface area contributed by atoms with Crippen LogP contribution in [0.3, 0.4) is 0 Å². The molecule has 0 saturated carbocycles. The monoisotopic (exact) mass is 499 g/mol. The highest BCUT2D eigenvalue weighted by atomic mass is 32.2. The van der Waals surface area contributed by atoms with E-state index in [1.165, 1.54) is 12.1 Å². The van der Waals surface area contributed by atoms with Crippen LogP contribution in [-0.2, 0) is 16.6 Å². The maximum Gasteiger partial charge on any atom is 0.269 e. The Bertz CT molecular complexity index is 1350. The summed E-state index contributed by atoms with van der Waals surface area (Å²) in [4.78, 5) is 12.9. The average Bonchev–Trinajstić information content (AvgIpc) is 3.30. The van der Waals surface area contributed by atoms with E-state index in [9.17, 15) is 18.5 Å². The molecule has 186 valence electrons. The summed E-state index contributed by atoms with van der Waals surface area (Å²) >= 11 is 0. The summed E-state index contributed by atoms with van der Waals surface area (Å²) in [7, 11) is -3.62. The number of aromatic nitrogens is 2. The molecular formula is C24H29N5O5S. The van der Waals surface area contributed by atoms with Crippen molar-refractivity contribution < 1.29 is 17.8 Å². The number of hydrogen-bond acceptors (Lipinski definition) is 8. The highest BCUT2D eigenvalue weighted by Gasteiger charge is 2.32. The number of non-ortho nitro benzene ring substituents is 1. The van der Waals surface area contributed by atoms with Crippen molar-refractivity contribution in [1.29, 1.82) is 0 Å². The van der Waals surface area contributed by atoms with Gasteiger partial charge in [-0.3, -0.25) is 15.0 Å². The summed E-state index contributed by atoms with van der Waals surface area (Å²) in [5.41, 5.74) is 5.39. The Labute approximate surface area is 204 Å². The van der Waals surface area contributed by atoms with Gasteiger partial charge in [-0.2, -0.15) is 4.31 Å². The molecule has 4 rings (SSSR count). The van der Waals surface area contributed by atoms with Crippen LogP contribution in [0.15, 0.2) is 33.6 Å². The van der Waals surface area contributed by atoms with Crippen molar-refractivity contribution >= 4 is 15.7 Å². The van der Waals surface area contributed by atoms with Crippen LogP contribution in [0.25, 0.3) is 11.5 Å². The van der Waals surface area contributed by atoms with Gasteiger partial charge in [-0.15, -0.1) is 10.2 Å². The molecule has 2 aromatic carbocycles. The first-order valence-corrected chi connectivity index (χ1v) is 12.8. The molecule has 10 nitrogen and oxygen atoms in total. The van der Waals surface area contributed by atoms with Crippen LogP contribution in [0, 0.1) is 44.7 Å². The molecule has 1 aliphatic heterocycles. The second kappa shape index (κ2) is 9.48. The van der Waals surface area contributed by atoms with E-state index in [4.69, 9.17) is 4.42 Å². The molecule has 1 fully saturated rings. The third-order valence-electron chi connectivity index (χ3n) is 7.01. The largest absolute Gasteiger partial charge is 0.419 e. The summed E-state index contributed by atoms with van der Waals surface area (Å²) in [5.74, 6) is 0.693. The van der Waals surface area contributed by atoms with Gasteiger partial charge in [0.1, 0.15) is 0 Å². The molecule has 1 aromatic heterocycles. The van der Waals surface area contributed by atoms with E-state index >= 15 is 0 Å². The number of sulfonamides is 1. The molecular weight excluding hydrogens is 470 g/mol. The zero-order chi connectivity index (χ0) is 25.5. The van der Waals surface area contributed by atoms with Crippen LogP contribution in [0.1, 0.15) is 33.7 Å². The summed E-state index contributed by atoms with van der Waals surface area (Å²) in [6.45, 7) is 12.0. The molecule has 0 atom stereocenters. The number of nitro benzene ring substituents is 1. The van der Waals surface area contributed by atoms with Crippen LogP contribution < -0.4 is 0 Å². The quantitative estimate of drug-likeness (QED) is 0.372. The first-order chi connectivity index (χ1) is 16.5. The second-order valence-corrected chi connectivity index (χ2v) is 10.8. The molecule has 2 heterocycles. The zero-order valence-corrected chi connectivity index (χ0v) is 21.3. The van der Waals surface area contributed by atoms with Crippen LogP contribution >= 0.6 is 0 Å². The molecule has 0 aliphatic carbocycles. The molecule has 0 amide bonds. The Hall–Kier alpha value is -3.15. The molecule has 0 unspecified atom stereocenters. The maximum atomic E-state index is 13.6. The minimum atomic E-state index is -3.62. The molecule has 0 spiro atoms. The van der Waals surface area contributed by atoms with Crippen molar-refractivity contribution in [2.24, 2.45) is 0 Å². The van der Waals surface area contributed by atoms with Crippen LogP contribution in [0.4, 0.5) is 5.69 Å². The van der Waals surface area contributed by atoms with Crippen molar-refractivity contribution in [3.8, 4) is 11.5 Å². The van der Waals surface area contributed by atoms with Gasteiger partial charge in [0.15, 0.2) is 0 Å². The van der Waals surface area contributed by atoms with Gasteiger partial charge in [-0.1, -0.05) is 0 Å². The lowest BCUT2D eigenvalue weighted by molar-refractivity contribution is -0.384. The smallest absolute Gasteiger partial charge is 0.269 e. The number of benzene rings is 2. The number of piperazine rings is 1. The number of rotatable bonds is 6. The van der Waals surface area contributed by atoms with Gasteiger partial charge in [-0.25, -0.2) is 8.42 Å². The van der Waals surface area contributed by atoms with Crippen LogP contribution in [0.2, 0.25) is 0 Å². The standard InChI is InChI=1S/C24H29N5O5S/c1-15-16(2)18(4)23(19(5)17(15)3)35(32,33)28-12-10-27(11-13-28)14-22-25-26-24(34-22)20-6-8-21(9-7-20)29(30)31/h6-9H,10-14H2,1-5H3. The van der Waals surface area contributed by atoms with Crippen molar-refractivity contribution in [3.05, 3.63) is 68.1 Å². The number of nitrogens with zero attached hydrogens (tertiary/aromatic N) is 5. The van der Waals surface area contributed by atoms with E-state index in [0.717, 1.165) is 27.8 Å². The van der Waals surface area contributed by atoms with Gasteiger partial charge >= 0.3 is 0 Å². The number of hydrogen-bond donors (Lipinski definition) is 0. The second-order valence-electron chi connectivity index (χ2n) is 8.94. The van der Waals surface area contributed by atoms with Crippen molar-refractivity contribution in [2.45, 2.75) is 46.1 Å². The van der Waals surface area contributed by atoms with Gasteiger partial charge in [0.25, 0.3) is 5.69 Å². The molecule has 11 heteroatoms. The normalized spacial score (nSPS) is 15.5. The van der Waals surface area contributed by atoms with Gasteiger partial charge in [0.05, 0.1) is 16.4 Å². The van der Waals surface area contributed by atoms with Gasteiger partial charge < -0.3 is 4.42 Å². The first kappa shape index (κ1) is 25.0. The first-order valence-electron chi connectivity index (χ1n) is 11.4. The summed E-state index contributed by atoms with van der Waals surface area (Å²) in [5, 5.41) is 19.0. The molecule has 3 aromatic rings. The SMILES string of the molecule is Cc1c(C)c(C)c(S(=O)(=O)N2CCN(Cc3nnc(-c4ccc([N+](=O)[O-])cc4)o3)CC2)c(C)c1C. The summed E-state index contributed by atoms with van der Waals surface area (Å²) in [6.07, 6.45) is 0. The molecule has 1 saturated heterocycles. The van der Waals surface area contributed by atoms with Gasteiger partial charge in [0.2, 0.25) is 21.8 Å². The zero-order valence-electron chi connectivity index (χ0n) is 20.5. The Balaban J connectivity index is 1.43. The molecule has 0 radical (unpaired) electrons. The van der Waals surface area contributed by atoms with E-state index in [0.29, 0.717) is 49.1 Å². The average molecular weight is 500 g/mol. The van der Waals surface area contributed by atoms with E-state index in [-0.39, 0.29) is 11.6 Å². The van der Waals surface area contributed by atoms with E-state index in [2.05, 4.69) is 15.1 Å². The highest BCUT2D eigenvalue weighted by molar-refractivity contribution is 7.89. The van der Waals surface area contributed by atoms with Gasteiger partial charge in [0, 0.05) is 43.9 Å². The number of nitro groups is 1. The predicted molar refractivity (Wildman–Crippen MR) is 131 cm³/mol. The van der Waals surface area contributed by atoms with Crippen molar-refractivity contribution in [3.63, 3.8) is 0 Å². The third kappa shape index (κ3) is 4.71. The van der Waals surface area contributed by atoms with Gasteiger partial charge in [-0.05, 0) is 74.6 Å². The lowest BCUT2D eigenvalue weighted by atomic mass is 9.95. The van der Waals surface area contributed by atoms with E-state index in [1.54, 1.807) is 16.4 Å². The molecule has 1 aliphatic rings. The Morgan fingerprint density at radius 3 is 1.97 bits per heavy atom. The van der Waals surface area contributed by atoms with E-state index in [1.807, 2.05) is 34.6 Å². The molecule has 0 bridgehead atoms. The third-order valence-corrected chi connectivity index (χ3v) is 9.18. The van der Waals surface area contributed by atoms with Crippen LogP contribution in [0.5, 0.6) is 0 Å². The minimum absolute atomic E-state index is 0.0114.